The van der Waals surface area contributed by atoms with Crippen LogP contribution in [0.2, 0.25) is 0 Å². The molecule has 28 heavy (non-hydrogen) atoms. The Kier molecular flexibility index (Phi) is 6.34. The summed E-state index contributed by atoms with van der Waals surface area (Å²) in [6.45, 7) is 1.55. The zero-order chi connectivity index (χ0) is 20.1. The first kappa shape index (κ1) is 19.9. The quantitative estimate of drug-likeness (QED) is 0.563. The number of ether oxygens (including phenoxy) is 2. The van der Waals surface area contributed by atoms with Crippen LogP contribution in [0.25, 0.3) is 11.0 Å². The highest BCUT2D eigenvalue weighted by atomic mass is 16.5. The Morgan fingerprint density at radius 1 is 1.07 bits per heavy atom. The second-order valence-electron chi connectivity index (χ2n) is 7.05. The molecule has 0 spiro atoms. The van der Waals surface area contributed by atoms with Crippen LogP contribution in [0.15, 0.2) is 57.7 Å². The van der Waals surface area contributed by atoms with E-state index in [0.717, 1.165) is 23.2 Å². The van der Waals surface area contributed by atoms with Gasteiger partial charge in [0.25, 0.3) is 0 Å². The highest BCUT2D eigenvalue weighted by Gasteiger charge is 2.23. The number of nitrogens with one attached hydrogen (secondary N) is 1. The highest BCUT2D eigenvalue weighted by molar-refractivity contribution is 5.81. The van der Waals surface area contributed by atoms with Gasteiger partial charge < -0.3 is 24.1 Å². The highest BCUT2D eigenvalue weighted by Crippen LogP contribution is 2.23. The van der Waals surface area contributed by atoms with Gasteiger partial charge in [-0.2, -0.15) is 0 Å². The lowest BCUT2D eigenvalue weighted by Crippen LogP contribution is -3.09. The third-order valence-corrected chi connectivity index (χ3v) is 5.02. The summed E-state index contributed by atoms with van der Waals surface area (Å²) in [6, 6.07) is 15.5. The molecule has 3 rings (SSSR count). The molecule has 6 nitrogen and oxygen atoms in total. The minimum Gasteiger partial charge on any atom is -0.497 e. The molecule has 0 fully saturated rings. The van der Waals surface area contributed by atoms with Crippen LogP contribution < -0.4 is 25.3 Å². The van der Waals surface area contributed by atoms with Gasteiger partial charge in [-0.3, -0.25) is 0 Å². The molecule has 1 heterocycles. The van der Waals surface area contributed by atoms with Crippen molar-refractivity contribution in [1.82, 2.24) is 0 Å². The fourth-order valence-corrected chi connectivity index (χ4v) is 3.54. The van der Waals surface area contributed by atoms with E-state index in [1.807, 2.05) is 30.3 Å². The van der Waals surface area contributed by atoms with Gasteiger partial charge in [-0.05, 0) is 24.3 Å². The Morgan fingerprint density at radius 3 is 2.57 bits per heavy atom. The van der Waals surface area contributed by atoms with E-state index in [1.54, 1.807) is 26.4 Å². The molecule has 3 N–H and O–H groups in total. The summed E-state index contributed by atoms with van der Waals surface area (Å²) in [6.07, 6.45) is 0. The summed E-state index contributed by atoms with van der Waals surface area (Å²) in [5.41, 5.74) is 2.35. The molecule has 0 bridgehead atoms. The first-order chi connectivity index (χ1) is 13.5. The Labute approximate surface area is 164 Å². The maximum Gasteiger partial charge on any atom is 0.336 e. The fourth-order valence-electron chi connectivity index (χ4n) is 3.54. The van der Waals surface area contributed by atoms with Crippen LogP contribution in [0.5, 0.6) is 11.5 Å². The number of methoxy groups -OCH3 is 2. The number of para-hydroxylation sites is 1. The van der Waals surface area contributed by atoms with E-state index >= 15 is 0 Å². The van der Waals surface area contributed by atoms with E-state index in [-0.39, 0.29) is 11.7 Å². The van der Waals surface area contributed by atoms with E-state index in [1.165, 1.54) is 10.5 Å². The van der Waals surface area contributed by atoms with Crippen molar-refractivity contribution in [3.63, 3.8) is 0 Å². The van der Waals surface area contributed by atoms with Crippen molar-refractivity contribution < 1.29 is 24.1 Å². The fraction of sp³-hybridized carbons (Fsp3) is 0.318. The lowest BCUT2D eigenvalue weighted by atomic mass is 10.0. The van der Waals surface area contributed by atoms with Gasteiger partial charge in [-0.1, -0.05) is 12.1 Å². The van der Waals surface area contributed by atoms with Gasteiger partial charge in [0.05, 0.1) is 33.9 Å². The van der Waals surface area contributed by atoms with Crippen LogP contribution in [-0.2, 0) is 6.54 Å². The summed E-state index contributed by atoms with van der Waals surface area (Å²) in [5, 5.41) is 3.16. The molecule has 0 unspecified atom stereocenters. The summed E-state index contributed by atoms with van der Waals surface area (Å²) >= 11 is 0. The first-order valence-corrected chi connectivity index (χ1v) is 9.39. The van der Waals surface area contributed by atoms with Crippen molar-refractivity contribution in [1.29, 1.82) is 0 Å². The van der Waals surface area contributed by atoms with Crippen molar-refractivity contribution in [2.45, 2.75) is 12.6 Å². The van der Waals surface area contributed by atoms with Gasteiger partial charge in [-0.15, -0.1) is 0 Å². The van der Waals surface area contributed by atoms with Crippen LogP contribution in [-0.4, -0.2) is 34.9 Å². The maximum atomic E-state index is 12.0. The number of likely N-dealkylation sites (N-methyl/N-ethyl adjacent to an activating group) is 1. The number of benzene rings is 2. The molecule has 2 aromatic carbocycles. The topological polar surface area (TPSA) is 69.7 Å². The zero-order valence-electron chi connectivity index (χ0n) is 16.8. The van der Waals surface area contributed by atoms with E-state index in [9.17, 15) is 4.79 Å². The molecule has 0 amide bonds. The average molecular weight is 384 g/mol. The number of fused-ring (bicyclic) bond motifs is 1. The molecule has 0 saturated carbocycles. The van der Waals surface area contributed by atoms with E-state index in [4.69, 9.17) is 13.9 Å². The molecule has 3 aromatic rings. The summed E-state index contributed by atoms with van der Waals surface area (Å²) < 4.78 is 16.1. The smallest absolute Gasteiger partial charge is 0.336 e. The third kappa shape index (κ3) is 4.35. The molecule has 0 aliphatic rings. The van der Waals surface area contributed by atoms with Gasteiger partial charge in [0.1, 0.15) is 30.2 Å². The van der Waals surface area contributed by atoms with Crippen molar-refractivity contribution in [2.24, 2.45) is 0 Å². The Balaban J connectivity index is 1.80. The normalized spacial score (nSPS) is 12.3. The second-order valence-corrected chi connectivity index (χ2v) is 7.05. The van der Waals surface area contributed by atoms with E-state index in [0.29, 0.717) is 17.9 Å². The van der Waals surface area contributed by atoms with Gasteiger partial charge in [0.2, 0.25) is 0 Å². The third-order valence-electron chi connectivity index (χ3n) is 5.02. The average Bonchev–Trinajstić information content (AvgIpc) is 2.70. The summed E-state index contributed by atoms with van der Waals surface area (Å²) in [7, 11) is 7.58. The minimum atomic E-state index is -0.344. The lowest BCUT2D eigenvalue weighted by molar-refractivity contribution is -0.910. The van der Waals surface area contributed by atoms with E-state index in [2.05, 4.69) is 25.5 Å². The molecule has 0 radical (unpaired) electrons. The number of nitrogens with two attached hydrogens (primary N) is 1. The monoisotopic (exact) mass is 384 g/mol. The zero-order valence-corrected chi connectivity index (χ0v) is 16.8. The molecule has 1 atom stereocenters. The SMILES string of the molecule is COc1ccc2c(C[NH2+]C[C@H](c3ccccc3OC)[NH+](C)C)cc(=O)oc2c1. The predicted octanol–water partition coefficient (Wildman–Crippen LogP) is 0.759. The molecular weight excluding hydrogens is 356 g/mol. The maximum absolute atomic E-state index is 12.0. The summed E-state index contributed by atoms with van der Waals surface area (Å²) in [4.78, 5) is 13.3. The van der Waals surface area contributed by atoms with Crippen molar-refractivity contribution in [2.75, 3.05) is 34.9 Å². The number of hydrogen-bond acceptors (Lipinski definition) is 4. The van der Waals surface area contributed by atoms with Gasteiger partial charge >= 0.3 is 5.63 Å². The van der Waals surface area contributed by atoms with Crippen LogP contribution in [0.1, 0.15) is 17.2 Å². The van der Waals surface area contributed by atoms with Crippen LogP contribution in [0.4, 0.5) is 0 Å². The molecule has 0 saturated heterocycles. The molecule has 148 valence electrons. The van der Waals surface area contributed by atoms with Crippen LogP contribution in [0, 0.1) is 0 Å². The molecule has 6 heteroatoms. The summed E-state index contributed by atoms with van der Waals surface area (Å²) in [5.74, 6) is 1.57. The van der Waals surface area contributed by atoms with E-state index < -0.39 is 0 Å². The van der Waals surface area contributed by atoms with Crippen LogP contribution in [0.3, 0.4) is 0 Å². The largest absolute Gasteiger partial charge is 0.497 e. The first-order valence-electron chi connectivity index (χ1n) is 9.39. The Bertz CT molecular complexity index is 997. The Morgan fingerprint density at radius 2 is 1.86 bits per heavy atom. The van der Waals surface area contributed by atoms with Crippen molar-refractivity contribution in [3.05, 3.63) is 70.1 Å². The van der Waals surface area contributed by atoms with Crippen LogP contribution >= 0.6 is 0 Å². The molecule has 1 aromatic heterocycles. The standard InChI is InChI=1S/C22H26N2O4/c1-24(2)19(18-7-5-6-8-20(18)27-4)14-23-13-15-11-22(25)28-21-12-16(26-3)9-10-17(15)21/h5-12,19,23H,13-14H2,1-4H3/p+2/t19-/m1/s1. The molecule has 0 aliphatic heterocycles. The number of hydrogen-bond donors (Lipinski definition) is 2. The number of rotatable bonds is 8. The molecular formula is C22H28N2O4+2. The Hall–Kier alpha value is -2.83. The predicted molar refractivity (Wildman–Crippen MR) is 108 cm³/mol. The van der Waals surface area contributed by atoms with Gasteiger partial charge in [0, 0.05) is 23.1 Å². The minimum absolute atomic E-state index is 0.266. The molecule has 0 aliphatic carbocycles. The van der Waals surface area contributed by atoms with Crippen molar-refractivity contribution >= 4 is 11.0 Å². The van der Waals surface area contributed by atoms with Gasteiger partial charge in [0.15, 0.2) is 6.04 Å². The van der Waals surface area contributed by atoms with Crippen molar-refractivity contribution in [3.8, 4) is 11.5 Å². The van der Waals surface area contributed by atoms with Gasteiger partial charge in [-0.25, -0.2) is 4.79 Å². The second kappa shape index (κ2) is 8.91. The number of quaternary nitrogens is 2. The lowest BCUT2D eigenvalue weighted by Gasteiger charge is -2.22.